The monoisotopic (exact) mass is 341 g/mol. The molecule has 2 aromatic rings. The number of rotatable bonds is 9. The summed E-state index contributed by atoms with van der Waals surface area (Å²) in [7, 11) is 1.34. The topological polar surface area (TPSA) is 55.8 Å². The zero-order valence-electron chi connectivity index (χ0n) is 14.4. The van der Waals surface area contributed by atoms with Crippen molar-refractivity contribution in [1.82, 2.24) is 4.90 Å². The number of carbonyl (C=O) groups excluding carboxylic acids is 2. The Labute approximate surface area is 148 Å². The number of amides is 1. The smallest absolute Gasteiger partial charge is 0.307 e. The molecule has 5 heteroatoms. The minimum Gasteiger partial charge on any atom is -0.469 e. The molecule has 0 aliphatic heterocycles. The molecule has 2 aromatic carbocycles. The Morgan fingerprint density at radius 3 is 2.12 bits per heavy atom. The van der Waals surface area contributed by atoms with Gasteiger partial charge in [0.25, 0.3) is 0 Å². The van der Waals surface area contributed by atoms with E-state index in [2.05, 4.69) is 4.74 Å². The van der Waals surface area contributed by atoms with Gasteiger partial charge in [0.15, 0.2) is 0 Å². The van der Waals surface area contributed by atoms with Crippen molar-refractivity contribution in [1.29, 1.82) is 0 Å². The summed E-state index contributed by atoms with van der Waals surface area (Å²) in [5, 5.41) is 0. The molecule has 0 aliphatic carbocycles. The normalized spacial score (nSPS) is 10.3. The van der Waals surface area contributed by atoms with E-state index >= 15 is 0 Å². The molecule has 0 bridgehead atoms. The lowest BCUT2D eigenvalue weighted by Crippen LogP contribution is -2.35. The largest absolute Gasteiger partial charge is 0.469 e. The first kappa shape index (κ1) is 18.7. The molecule has 5 nitrogen and oxygen atoms in total. The van der Waals surface area contributed by atoms with Crippen molar-refractivity contribution < 1.29 is 19.1 Å². The minimum absolute atomic E-state index is 0.0249. The van der Waals surface area contributed by atoms with Gasteiger partial charge >= 0.3 is 5.97 Å². The summed E-state index contributed by atoms with van der Waals surface area (Å²) >= 11 is 0. The summed E-state index contributed by atoms with van der Waals surface area (Å²) in [6.45, 7) is 1.09. The van der Waals surface area contributed by atoms with Gasteiger partial charge in [0.05, 0.1) is 20.1 Å². The van der Waals surface area contributed by atoms with E-state index in [0.717, 1.165) is 11.1 Å². The maximum Gasteiger partial charge on any atom is 0.307 e. The van der Waals surface area contributed by atoms with Crippen LogP contribution in [-0.2, 0) is 32.2 Å². The predicted molar refractivity (Wildman–Crippen MR) is 94.6 cm³/mol. The zero-order chi connectivity index (χ0) is 17.9. The number of carbonyl (C=O) groups is 2. The second-order valence-electron chi connectivity index (χ2n) is 5.61. The lowest BCUT2D eigenvalue weighted by Gasteiger charge is -2.22. The van der Waals surface area contributed by atoms with Crippen molar-refractivity contribution in [3.63, 3.8) is 0 Å². The molecule has 0 saturated carbocycles. The Kier molecular flexibility index (Phi) is 7.66. The summed E-state index contributed by atoms with van der Waals surface area (Å²) < 4.78 is 10.2. The van der Waals surface area contributed by atoms with Crippen LogP contribution in [-0.4, -0.2) is 37.0 Å². The zero-order valence-corrected chi connectivity index (χ0v) is 14.4. The maximum absolute atomic E-state index is 12.5. The molecular formula is C20H23NO4. The molecule has 2 rings (SSSR count). The number of nitrogens with zero attached hydrogens (tertiary/aromatic N) is 1. The molecular weight excluding hydrogens is 318 g/mol. The standard InChI is InChI=1S/C20H23NO4/c1-24-20(23)12-13-21(14-17-8-4-2-5-9-17)19(22)16-25-15-18-10-6-3-7-11-18/h2-11H,12-16H2,1H3. The summed E-state index contributed by atoms with van der Waals surface area (Å²) in [5.41, 5.74) is 2.02. The Morgan fingerprint density at radius 2 is 1.52 bits per heavy atom. The highest BCUT2D eigenvalue weighted by molar-refractivity contribution is 5.78. The van der Waals surface area contributed by atoms with Crippen LogP contribution in [0.25, 0.3) is 0 Å². The Hall–Kier alpha value is -2.66. The van der Waals surface area contributed by atoms with Gasteiger partial charge < -0.3 is 14.4 Å². The maximum atomic E-state index is 12.5. The average molecular weight is 341 g/mol. The van der Waals surface area contributed by atoms with Crippen molar-refractivity contribution in [2.45, 2.75) is 19.6 Å². The molecule has 0 N–H and O–H groups in total. The van der Waals surface area contributed by atoms with Crippen LogP contribution in [0.15, 0.2) is 60.7 Å². The highest BCUT2D eigenvalue weighted by Gasteiger charge is 2.16. The molecule has 0 atom stereocenters. The van der Waals surface area contributed by atoms with E-state index in [0.29, 0.717) is 19.7 Å². The van der Waals surface area contributed by atoms with Crippen molar-refractivity contribution in [2.24, 2.45) is 0 Å². The van der Waals surface area contributed by atoms with Gasteiger partial charge in [-0.1, -0.05) is 60.7 Å². The van der Waals surface area contributed by atoms with Crippen molar-refractivity contribution in [2.75, 3.05) is 20.3 Å². The van der Waals surface area contributed by atoms with Gasteiger partial charge in [-0.3, -0.25) is 9.59 Å². The lowest BCUT2D eigenvalue weighted by atomic mass is 10.2. The van der Waals surface area contributed by atoms with E-state index in [4.69, 9.17) is 4.74 Å². The SMILES string of the molecule is COC(=O)CCN(Cc1ccccc1)C(=O)COCc1ccccc1. The van der Waals surface area contributed by atoms with Crippen molar-refractivity contribution in [3.8, 4) is 0 Å². The number of hydrogen-bond donors (Lipinski definition) is 0. The van der Waals surface area contributed by atoms with Gasteiger partial charge in [-0.25, -0.2) is 0 Å². The van der Waals surface area contributed by atoms with Crippen LogP contribution >= 0.6 is 0 Å². The molecule has 0 aliphatic rings. The molecule has 1 amide bonds. The summed E-state index contributed by atoms with van der Waals surface area (Å²) in [4.78, 5) is 25.5. The van der Waals surface area contributed by atoms with Crippen LogP contribution in [0, 0.1) is 0 Å². The van der Waals surface area contributed by atoms with Crippen molar-refractivity contribution >= 4 is 11.9 Å². The van der Waals surface area contributed by atoms with Gasteiger partial charge in [-0.05, 0) is 11.1 Å². The van der Waals surface area contributed by atoms with Gasteiger partial charge in [-0.15, -0.1) is 0 Å². The molecule has 0 fully saturated rings. The Morgan fingerprint density at radius 1 is 0.920 bits per heavy atom. The molecule has 132 valence electrons. The van der Waals surface area contributed by atoms with E-state index in [1.54, 1.807) is 4.90 Å². The molecule has 0 aromatic heterocycles. The van der Waals surface area contributed by atoms with Crippen LogP contribution in [0.3, 0.4) is 0 Å². The number of methoxy groups -OCH3 is 1. The third kappa shape index (κ3) is 6.77. The van der Waals surface area contributed by atoms with Crippen LogP contribution in [0.1, 0.15) is 17.5 Å². The van der Waals surface area contributed by atoms with Crippen LogP contribution < -0.4 is 0 Å². The second kappa shape index (κ2) is 10.3. The summed E-state index contributed by atoms with van der Waals surface area (Å²) in [6, 6.07) is 19.3. The molecule has 25 heavy (non-hydrogen) atoms. The highest BCUT2D eigenvalue weighted by Crippen LogP contribution is 2.07. The molecule has 0 unspecified atom stereocenters. The highest BCUT2D eigenvalue weighted by atomic mass is 16.5. The van der Waals surface area contributed by atoms with Crippen LogP contribution in [0.4, 0.5) is 0 Å². The van der Waals surface area contributed by atoms with Crippen molar-refractivity contribution in [3.05, 3.63) is 71.8 Å². The van der Waals surface area contributed by atoms with Gasteiger partial charge in [0, 0.05) is 13.1 Å². The first-order valence-corrected chi connectivity index (χ1v) is 8.19. The fourth-order valence-corrected chi connectivity index (χ4v) is 2.35. The molecule has 0 spiro atoms. The lowest BCUT2D eigenvalue weighted by molar-refractivity contribution is -0.143. The van der Waals surface area contributed by atoms with E-state index in [1.807, 2.05) is 60.7 Å². The quantitative estimate of drug-likeness (QED) is 0.658. The first-order chi connectivity index (χ1) is 12.2. The van der Waals surface area contributed by atoms with Gasteiger partial charge in [0.1, 0.15) is 6.61 Å². The number of benzene rings is 2. The molecule has 0 radical (unpaired) electrons. The number of ether oxygens (including phenoxy) is 2. The van der Waals surface area contributed by atoms with Gasteiger partial charge in [0.2, 0.25) is 5.91 Å². The van der Waals surface area contributed by atoms with Crippen LogP contribution in [0.5, 0.6) is 0 Å². The van der Waals surface area contributed by atoms with Gasteiger partial charge in [-0.2, -0.15) is 0 Å². The Balaban J connectivity index is 1.90. The third-order valence-corrected chi connectivity index (χ3v) is 3.72. The fraction of sp³-hybridized carbons (Fsp3) is 0.300. The number of esters is 1. The average Bonchev–Trinajstić information content (AvgIpc) is 2.66. The fourth-order valence-electron chi connectivity index (χ4n) is 2.35. The predicted octanol–water partition coefficient (Wildman–Crippen LogP) is 2.80. The minimum atomic E-state index is -0.337. The number of hydrogen-bond acceptors (Lipinski definition) is 4. The molecule has 0 saturated heterocycles. The van der Waals surface area contributed by atoms with E-state index in [-0.39, 0.29) is 24.9 Å². The third-order valence-electron chi connectivity index (χ3n) is 3.72. The van der Waals surface area contributed by atoms with E-state index < -0.39 is 0 Å². The summed E-state index contributed by atoms with van der Waals surface area (Å²) in [6.07, 6.45) is 0.160. The van der Waals surface area contributed by atoms with Crippen LogP contribution in [0.2, 0.25) is 0 Å². The van der Waals surface area contributed by atoms with E-state index in [1.165, 1.54) is 7.11 Å². The molecule has 0 heterocycles. The van der Waals surface area contributed by atoms with E-state index in [9.17, 15) is 9.59 Å². The summed E-state index contributed by atoms with van der Waals surface area (Å²) in [5.74, 6) is -0.486. The second-order valence-corrected chi connectivity index (χ2v) is 5.61. The Bertz CT molecular complexity index is 658. The first-order valence-electron chi connectivity index (χ1n) is 8.19.